The molecule has 1 aromatic carbocycles. The Bertz CT molecular complexity index is 2030. The van der Waals surface area contributed by atoms with Crippen molar-refractivity contribution in [3.8, 4) is 5.69 Å². The van der Waals surface area contributed by atoms with Crippen LogP contribution in [0.2, 0.25) is 0 Å². The van der Waals surface area contributed by atoms with Crippen LogP contribution in [0.1, 0.15) is 90.6 Å². The molecule has 0 bridgehead atoms. The van der Waals surface area contributed by atoms with Crippen LogP contribution in [-0.2, 0) is 54.3 Å². The number of carbonyl (C=O) groups excluding carboxylic acids is 4. The third-order valence-electron chi connectivity index (χ3n) is 9.99. The van der Waals surface area contributed by atoms with Gasteiger partial charge in [-0.05, 0) is 69.6 Å². The van der Waals surface area contributed by atoms with E-state index in [-0.39, 0.29) is 88.2 Å². The van der Waals surface area contributed by atoms with Crippen molar-refractivity contribution in [3.05, 3.63) is 41.2 Å². The van der Waals surface area contributed by atoms with Crippen LogP contribution in [-0.4, -0.2) is 195 Å². The number of nitrogens with one attached hydrogen (secondary N) is 6. The van der Waals surface area contributed by atoms with E-state index in [1.807, 2.05) is 10.6 Å². The van der Waals surface area contributed by atoms with Gasteiger partial charge in [-0.15, -0.1) is 5.10 Å². The van der Waals surface area contributed by atoms with Crippen molar-refractivity contribution in [3.63, 3.8) is 0 Å². The molecule has 0 radical (unpaired) electrons. The van der Waals surface area contributed by atoms with Crippen molar-refractivity contribution < 1.29 is 97.5 Å². The second-order valence-corrected chi connectivity index (χ2v) is 15.8. The average Bonchev–Trinajstić information content (AvgIpc) is 3.81. The summed E-state index contributed by atoms with van der Waals surface area (Å²) in [6.45, 7) is 2.89. The Morgan fingerprint density at radius 3 is 1.29 bits per heavy atom. The number of nitrogens with zero attached hydrogens (tertiary/aromatic N) is 3. The van der Waals surface area contributed by atoms with Crippen LogP contribution in [0.25, 0.3) is 5.69 Å². The Labute approximate surface area is 417 Å². The first-order valence-corrected chi connectivity index (χ1v) is 22.9. The number of ether oxygens (including phenoxy) is 4. The van der Waals surface area contributed by atoms with Gasteiger partial charge in [0.1, 0.15) is 29.9 Å². The van der Waals surface area contributed by atoms with E-state index in [1.165, 1.54) is 29.1 Å². The number of benzene rings is 1. The monoisotopic (exact) mass is 1040 g/mol. The molecule has 0 aliphatic heterocycles. The van der Waals surface area contributed by atoms with Gasteiger partial charge < -0.3 is 87.2 Å². The van der Waals surface area contributed by atoms with Gasteiger partial charge in [0.05, 0.1) is 64.7 Å². The van der Waals surface area contributed by atoms with Crippen LogP contribution < -0.4 is 37.6 Å². The molecule has 73 heavy (non-hydrogen) atoms. The molecule has 0 unspecified atom stereocenters. The lowest BCUT2D eigenvalue weighted by atomic mass is 10.1. The molecule has 30 nitrogen and oxygen atoms in total. The van der Waals surface area contributed by atoms with Gasteiger partial charge in [0, 0.05) is 43.6 Å². The first-order chi connectivity index (χ1) is 34.8. The predicted molar refractivity (Wildman–Crippen MR) is 248 cm³/mol. The average molecular weight is 1040 g/mol. The maximum Gasteiger partial charge on any atom is 0.326 e. The second kappa shape index (κ2) is 34.7. The smallest absolute Gasteiger partial charge is 0.326 e. The SMILES string of the molecule is NCCOCCOCCOCCOCc1cn(-c2cc(C(=O)NCCCC[C@H](NC(=O)N[C@@H](CCC(=O)O)C(=O)O)C(=O)O)cc(C(=O)NCCCC[C@H](NC(=O)N[C@@H](CCC(=O)O)C(=O)O)C(=O)O)c2)nn1. The summed E-state index contributed by atoms with van der Waals surface area (Å²) >= 11 is 0. The molecule has 2 rings (SSSR count). The number of amides is 6. The summed E-state index contributed by atoms with van der Waals surface area (Å²) in [6.07, 6.45) is -0.0465. The third-order valence-corrected chi connectivity index (χ3v) is 9.99. The highest BCUT2D eigenvalue weighted by molar-refractivity contribution is 6.00. The molecular formula is C43H64N10O20. The van der Waals surface area contributed by atoms with E-state index in [1.54, 1.807) is 0 Å². The number of aromatic nitrogens is 3. The number of hydrogen-bond donors (Lipinski definition) is 13. The number of urea groups is 2. The predicted octanol–water partition coefficient (Wildman–Crippen LogP) is -1.27. The fraction of sp³-hybridized carbons (Fsp3) is 0.581. The standard InChI is InChI=1S/C43H64N10O20/c44-11-14-70-15-16-71-17-18-72-19-20-73-25-28-24-53(52-51-28)29-22-26(36(58)45-12-3-1-5-30(38(60)61)47-42(68)49-32(40(64)65)7-9-34(54)55)21-27(23-29)37(59)46-13-4-2-6-31(39(62)63)48-43(69)50-33(41(66)67)8-10-35(56)57/h21-24,30-33H,1-20,25,44H2,(H,45,58)(H,46,59)(H,54,55)(H,56,57)(H,60,61)(H,62,63)(H,64,65)(H,66,67)(H2,47,49,68)(H2,48,50,69)/t30-,31-,32-,33-/m0/s1. The summed E-state index contributed by atoms with van der Waals surface area (Å²) in [4.78, 5) is 120. The highest BCUT2D eigenvalue weighted by atomic mass is 16.6. The molecule has 30 heteroatoms. The first kappa shape index (κ1) is 61.6. The zero-order valence-corrected chi connectivity index (χ0v) is 39.8. The molecule has 14 N–H and O–H groups in total. The maximum absolute atomic E-state index is 13.5. The van der Waals surface area contributed by atoms with E-state index >= 15 is 0 Å². The number of nitrogens with two attached hydrogens (primary N) is 1. The second-order valence-electron chi connectivity index (χ2n) is 15.8. The lowest BCUT2D eigenvalue weighted by Crippen LogP contribution is -2.51. The molecule has 6 amide bonds. The summed E-state index contributed by atoms with van der Waals surface area (Å²) < 4.78 is 23.0. The zero-order chi connectivity index (χ0) is 54.1. The number of carbonyl (C=O) groups is 10. The van der Waals surface area contributed by atoms with Gasteiger partial charge in [0.15, 0.2) is 0 Å². The van der Waals surface area contributed by atoms with Crippen molar-refractivity contribution in [2.24, 2.45) is 5.73 Å². The van der Waals surface area contributed by atoms with Crippen LogP contribution in [0.5, 0.6) is 0 Å². The molecule has 4 atom stereocenters. The number of aliphatic carboxylic acids is 6. The third kappa shape index (κ3) is 26.5. The topological polar surface area (TPSA) is 458 Å². The van der Waals surface area contributed by atoms with E-state index in [9.17, 15) is 68.4 Å². The summed E-state index contributed by atoms with van der Waals surface area (Å²) in [5.41, 5.74) is 5.98. The highest BCUT2D eigenvalue weighted by Gasteiger charge is 2.27. The number of rotatable bonds is 40. The van der Waals surface area contributed by atoms with Crippen molar-refractivity contribution in [2.75, 3.05) is 65.9 Å². The van der Waals surface area contributed by atoms with E-state index < -0.39 is 110 Å². The first-order valence-electron chi connectivity index (χ1n) is 22.9. The number of hydrogen-bond acceptors (Lipinski definition) is 17. The minimum absolute atomic E-state index is 0.000421. The molecule has 0 saturated carbocycles. The van der Waals surface area contributed by atoms with Crippen molar-refractivity contribution in [1.29, 1.82) is 0 Å². The van der Waals surface area contributed by atoms with Crippen molar-refractivity contribution in [2.45, 2.75) is 95.0 Å². The van der Waals surface area contributed by atoms with E-state index in [0.29, 0.717) is 45.3 Å². The molecule has 0 aliphatic rings. The van der Waals surface area contributed by atoms with Gasteiger partial charge in [0.2, 0.25) is 0 Å². The molecule has 0 spiro atoms. The Balaban J connectivity index is 2.08. The Morgan fingerprint density at radius 2 is 0.904 bits per heavy atom. The fourth-order valence-electron chi connectivity index (χ4n) is 6.25. The van der Waals surface area contributed by atoms with Crippen LogP contribution in [0.3, 0.4) is 0 Å². The number of unbranched alkanes of at least 4 members (excludes halogenated alkanes) is 2. The molecular weight excluding hydrogens is 977 g/mol. The summed E-state index contributed by atoms with van der Waals surface area (Å²) in [5.74, 6) is -9.77. The Morgan fingerprint density at radius 1 is 0.521 bits per heavy atom. The van der Waals surface area contributed by atoms with Crippen LogP contribution in [0.4, 0.5) is 9.59 Å². The lowest BCUT2D eigenvalue weighted by Gasteiger charge is -2.18. The lowest BCUT2D eigenvalue weighted by molar-refractivity contribution is -0.142. The Kier molecular flexibility index (Phi) is 29.3. The van der Waals surface area contributed by atoms with Crippen LogP contribution in [0, 0.1) is 0 Å². The quantitative estimate of drug-likeness (QED) is 0.0346. The molecule has 0 saturated heterocycles. The summed E-state index contributed by atoms with van der Waals surface area (Å²) in [7, 11) is 0. The van der Waals surface area contributed by atoms with Gasteiger partial charge in [-0.3, -0.25) is 19.2 Å². The highest BCUT2D eigenvalue weighted by Crippen LogP contribution is 2.16. The number of carboxylic acids is 6. The fourth-order valence-corrected chi connectivity index (χ4v) is 6.25. The van der Waals surface area contributed by atoms with Gasteiger partial charge in [-0.1, -0.05) is 5.21 Å². The van der Waals surface area contributed by atoms with Gasteiger partial charge in [-0.25, -0.2) is 33.4 Å². The summed E-state index contributed by atoms with van der Waals surface area (Å²) in [6, 6.07) is -4.22. The van der Waals surface area contributed by atoms with Crippen molar-refractivity contribution >= 4 is 59.7 Å². The summed E-state index contributed by atoms with van der Waals surface area (Å²) in [5, 5.41) is 77.4. The van der Waals surface area contributed by atoms with E-state index in [2.05, 4.69) is 31.6 Å². The Hall–Kier alpha value is -7.54. The van der Waals surface area contributed by atoms with Crippen LogP contribution >= 0.6 is 0 Å². The van der Waals surface area contributed by atoms with E-state index in [0.717, 1.165) is 0 Å². The molecule has 406 valence electrons. The molecule has 1 aromatic heterocycles. The zero-order valence-electron chi connectivity index (χ0n) is 39.8. The largest absolute Gasteiger partial charge is 0.481 e. The molecule has 2 aromatic rings. The minimum atomic E-state index is -1.59. The number of carboxylic acid groups (broad SMARTS) is 6. The molecule has 0 aliphatic carbocycles. The van der Waals surface area contributed by atoms with Gasteiger partial charge >= 0.3 is 47.9 Å². The minimum Gasteiger partial charge on any atom is -0.481 e. The van der Waals surface area contributed by atoms with Crippen LogP contribution in [0.15, 0.2) is 24.4 Å². The van der Waals surface area contributed by atoms with Gasteiger partial charge in [0.25, 0.3) is 11.8 Å². The van der Waals surface area contributed by atoms with Gasteiger partial charge in [-0.2, -0.15) is 0 Å². The normalized spacial score (nSPS) is 12.6. The maximum atomic E-state index is 13.5. The molecule has 1 heterocycles. The molecule has 0 fully saturated rings. The van der Waals surface area contributed by atoms with Crippen molar-refractivity contribution in [1.82, 2.24) is 46.9 Å². The van der Waals surface area contributed by atoms with E-state index in [4.69, 9.17) is 34.9 Å².